The van der Waals surface area contributed by atoms with Crippen LogP contribution in [0.5, 0.6) is 0 Å². The van der Waals surface area contributed by atoms with Crippen molar-refractivity contribution in [1.29, 1.82) is 0 Å². The lowest BCUT2D eigenvalue weighted by Gasteiger charge is -2.52. The molecule has 1 aliphatic heterocycles. The van der Waals surface area contributed by atoms with Gasteiger partial charge in [-0.2, -0.15) is 0 Å². The highest BCUT2D eigenvalue weighted by Gasteiger charge is 2.50. The Labute approximate surface area is 146 Å². The highest BCUT2D eigenvalue weighted by Crippen LogP contribution is 2.47. The molecule has 1 amide bonds. The van der Waals surface area contributed by atoms with E-state index in [0.29, 0.717) is 13.0 Å². The molecule has 24 heavy (non-hydrogen) atoms. The summed E-state index contributed by atoms with van der Waals surface area (Å²) in [6.45, 7) is 0.628. The number of carbonyl (C=O) groups is 1. The van der Waals surface area contributed by atoms with Gasteiger partial charge in [0.2, 0.25) is 0 Å². The summed E-state index contributed by atoms with van der Waals surface area (Å²) in [4.78, 5) is 15.8. The number of hydrogen-bond acceptors (Lipinski definition) is 3. The molecule has 1 aliphatic carbocycles. The number of piperidine rings is 1. The second-order valence-corrected chi connectivity index (χ2v) is 7.92. The summed E-state index contributed by atoms with van der Waals surface area (Å²) < 4.78 is 0. The topological polar surface area (TPSA) is 40.5 Å². The van der Waals surface area contributed by atoms with Crippen LogP contribution in [0.1, 0.15) is 47.3 Å². The number of carbonyl (C=O) groups excluding carboxylic acids is 1. The summed E-state index contributed by atoms with van der Waals surface area (Å²) in [5.74, 6) is 0.267. The molecule has 2 fully saturated rings. The minimum Gasteiger partial charge on any atom is -0.385 e. The van der Waals surface area contributed by atoms with Gasteiger partial charge in [-0.15, -0.1) is 11.3 Å². The molecule has 4 rings (SSSR count). The Bertz CT molecular complexity index is 700. The first-order chi connectivity index (χ1) is 11.7. The highest BCUT2D eigenvalue weighted by molar-refractivity contribution is 7.12. The van der Waals surface area contributed by atoms with Crippen LogP contribution >= 0.6 is 11.3 Å². The Morgan fingerprint density at radius 3 is 2.67 bits per heavy atom. The van der Waals surface area contributed by atoms with Gasteiger partial charge in [-0.1, -0.05) is 49.2 Å². The van der Waals surface area contributed by atoms with E-state index in [4.69, 9.17) is 0 Å². The Morgan fingerprint density at radius 2 is 1.92 bits per heavy atom. The van der Waals surface area contributed by atoms with Crippen LogP contribution in [0.3, 0.4) is 0 Å². The molecule has 1 aromatic heterocycles. The van der Waals surface area contributed by atoms with Crippen molar-refractivity contribution in [1.82, 2.24) is 4.90 Å². The van der Waals surface area contributed by atoms with E-state index in [9.17, 15) is 9.90 Å². The van der Waals surface area contributed by atoms with E-state index in [1.54, 1.807) is 0 Å². The van der Waals surface area contributed by atoms with E-state index in [-0.39, 0.29) is 17.9 Å². The normalized spacial score (nSPS) is 30.0. The summed E-state index contributed by atoms with van der Waals surface area (Å²) >= 11 is 1.51. The van der Waals surface area contributed by atoms with Gasteiger partial charge < -0.3 is 10.0 Å². The zero-order valence-corrected chi connectivity index (χ0v) is 14.5. The molecule has 1 saturated carbocycles. The third kappa shape index (κ3) is 2.58. The van der Waals surface area contributed by atoms with Crippen molar-refractivity contribution in [3.05, 3.63) is 58.3 Å². The molecular weight excluding hydrogens is 318 g/mol. The Morgan fingerprint density at radius 1 is 1.12 bits per heavy atom. The first-order valence-electron chi connectivity index (χ1n) is 8.82. The summed E-state index contributed by atoms with van der Waals surface area (Å²) in [5.41, 5.74) is 0.198. The van der Waals surface area contributed by atoms with Crippen molar-refractivity contribution in [3.63, 3.8) is 0 Å². The molecule has 1 unspecified atom stereocenters. The van der Waals surface area contributed by atoms with Gasteiger partial charge in [0.05, 0.1) is 10.5 Å². The SMILES string of the molecule is O=C(c1cccs1)N1CCC(O)(c2ccccc2)[C@H]2CCCC[C@H]21. The van der Waals surface area contributed by atoms with Crippen LogP contribution in [0.15, 0.2) is 47.8 Å². The maximum Gasteiger partial charge on any atom is 0.264 e. The lowest BCUT2D eigenvalue weighted by atomic mass is 9.66. The minimum absolute atomic E-state index is 0.131. The monoisotopic (exact) mass is 341 g/mol. The van der Waals surface area contributed by atoms with Crippen LogP contribution < -0.4 is 0 Å². The number of amides is 1. The molecule has 2 heterocycles. The summed E-state index contributed by atoms with van der Waals surface area (Å²) in [6.07, 6.45) is 4.88. The van der Waals surface area contributed by atoms with Gasteiger partial charge in [-0.05, 0) is 36.3 Å². The summed E-state index contributed by atoms with van der Waals surface area (Å²) in [6, 6.07) is 14.0. The molecule has 3 atom stereocenters. The molecule has 1 aromatic carbocycles. The van der Waals surface area contributed by atoms with Crippen LogP contribution in [0, 0.1) is 5.92 Å². The lowest BCUT2D eigenvalue weighted by molar-refractivity contribution is -0.110. The number of likely N-dealkylation sites (tertiary alicyclic amines) is 1. The second-order valence-electron chi connectivity index (χ2n) is 6.97. The molecule has 0 bridgehead atoms. The van der Waals surface area contributed by atoms with E-state index in [1.807, 2.05) is 52.7 Å². The Hall–Kier alpha value is -1.65. The minimum atomic E-state index is -0.807. The molecule has 0 radical (unpaired) electrons. The fourth-order valence-corrected chi connectivity index (χ4v) is 5.24. The molecule has 4 heteroatoms. The van der Waals surface area contributed by atoms with Gasteiger partial charge in [0.15, 0.2) is 0 Å². The van der Waals surface area contributed by atoms with Crippen LogP contribution in [-0.2, 0) is 5.60 Å². The molecular formula is C20H23NO2S. The number of rotatable bonds is 2. The average Bonchev–Trinajstić information content (AvgIpc) is 3.17. The standard InChI is InChI=1S/C20H23NO2S/c22-19(18-11-6-14-24-18)21-13-12-20(23,15-7-2-1-3-8-15)16-9-4-5-10-17(16)21/h1-3,6-8,11,14,16-17,23H,4-5,9-10,12-13H2/t16-,17+,20?/m0/s1. The summed E-state index contributed by atoms with van der Waals surface area (Å²) in [5, 5.41) is 13.5. The van der Waals surface area contributed by atoms with E-state index < -0.39 is 5.60 Å². The maximum absolute atomic E-state index is 12.9. The van der Waals surface area contributed by atoms with Crippen molar-refractivity contribution in [2.45, 2.75) is 43.7 Å². The largest absolute Gasteiger partial charge is 0.385 e. The molecule has 126 valence electrons. The molecule has 1 saturated heterocycles. The fourth-order valence-electron chi connectivity index (χ4n) is 4.56. The van der Waals surface area contributed by atoms with E-state index >= 15 is 0 Å². The number of nitrogens with zero attached hydrogens (tertiary/aromatic N) is 1. The van der Waals surface area contributed by atoms with Gasteiger partial charge in [0.25, 0.3) is 5.91 Å². The van der Waals surface area contributed by atoms with Crippen LogP contribution in [0.25, 0.3) is 0 Å². The summed E-state index contributed by atoms with van der Waals surface area (Å²) in [7, 11) is 0. The van der Waals surface area contributed by atoms with Crippen molar-refractivity contribution in [2.24, 2.45) is 5.92 Å². The van der Waals surface area contributed by atoms with Gasteiger partial charge in [-0.25, -0.2) is 0 Å². The van der Waals surface area contributed by atoms with Crippen molar-refractivity contribution in [3.8, 4) is 0 Å². The van der Waals surface area contributed by atoms with Gasteiger partial charge in [0.1, 0.15) is 0 Å². The third-order valence-electron chi connectivity index (χ3n) is 5.74. The molecule has 2 aromatic rings. The average molecular weight is 341 g/mol. The number of thiophene rings is 1. The Kier molecular flexibility index (Phi) is 4.19. The predicted octanol–water partition coefficient (Wildman–Crippen LogP) is 4.04. The van der Waals surface area contributed by atoms with E-state index in [0.717, 1.165) is 36.1 Å². The fraction of sp³-hybridized carbons (Fsp3) is 0.450. The maximum atomic E-state index is 12.9. The number of hydrogen-bond donors (Lipinski definition) is 1. The van der Waals surface area contributed by atoms with E-state index in [2.05, 4.69) is 0 Å². The molecule has 0 spiro atoms. The molecule has 3 nitrogen and oxygen atoms in total. The zero-order chi connectivity index (χ0) is 16.6. The highest BCUT2D eigenvalue weighted by atomic mass is 32.1. The van der Waals surface area contributed by atoms with Gasteiger partial charge in [0, 0.05) is 18.5 Å². The molecule has 1 N–H and O–H groups in total. The zero-order valence-electron chi connectivity index (χ0n) is 13.7. The number of fused-ring (bicyclic) bond motifs is 1. The van der Waals surface area contributed by atoms with Crippen molar-refractivity contribution in [2.75, 3.05) is 6.54 Å². The number of aliphatic hydroxyl groups is 1. The third-order valence-corrected chi connectivity index (χ3v) is 6.60. The van der Waals surface area contributed by atoms with Crippen molar-refractivity contribution < 1.29 is 9.90 Å². The van der Waals surface area contributed by atoms with Gasteiger partial charge >= 0.3 is 0 Å². The molecule has 2 aliphatic rings. The predicted molar refractivity (Wildman–Crippen MR) is 96.1 cm³/mol. The quantitative estimate of drug-likeness (QED) is 0.895. The number of benzene rings is 1. The first-order valence-corrected chi connectivity index (χ1v) is 9.70. The Balaban J connectivity index is 1.66. The van der Waals surface area contributed by atoms with Crippen LogP contribution in [-0.4, -0.2) is 28.5 Å². The lowest BCUT2D eigenvalue weighted by Crippen LogP contribution is -2.58. The second kappa shape index (κ2) is 6.34. The van der Waals surface area contributed by atoms with E-state index in [1.165, 1.54) is 11.3 Å². The smallest absolute Gasteiger partial charge is 0.264 e. The van der Waals surface area contributed by atoms with Crippen molar-refractivity contribution >= 4 is 17.2 Å². The van der Waals surface area contributed by atoms with Crippen LogP contribution in [0.4, 0.5) is 0 Å². The first kappa shape index (κ1) is 15.9. The van der Waals surface area contributed by atoms with Gasteiger partial charge in [-0.3, -0.25) is 4.79 Å². The van der Waals surface area contributed by atoms with Crippen LogP contribution in [0.2, 0.25) is 0 Å².